The first-order valence-electron chi connectivity index (χ1n) is 6.30. The fourth-order valence-corrected chi connectivity index (χ4v) is 1.66. The molecule has 0 saturated heterocycles. The van der Waals surface area contributed by atoms with Gasteiger partial charge < -0.3 is 15.6 Å². The van der Waals surface area contributed by atoms with E-state index in [-0.39, 0.29) is 0 Å². The Bertz CT molecular complexity index is 389. The van der Waals surface area contributed by atoms with E-state index in [0.717, 1.165) is 18.6 Å². The van der Waals surface area contributed by atoms with Crippen LogP contribution in [0.15, 0.2) is 24.3 Å². The van der Waals surface area contributed by atoms with Crippen molar-refractivity contribution < 1.29 is 14.6 Å². The summed E-state index contributed by atoms with van der Waals surface area (Å²) < 4.78 is 5.52. The summed E-state index contributed by atoms with van der Waals surface area (Å²) in [4.78, 5) is 11.2. The lowest BCUT2D eigenvalue weighted by Crippen LogP contribution is -2.44. The van der Waals surface area contributed by atoms with Crippen LogP contribution in [0.3, 0.4) is 0 Å². The van der Waals surface area contributed by atoms with Gasteiger partial charge in [-0.05, 0) is 30.5 Å². The molecule has 1 aromatic carbocycles. The second-order valence-corrected chi connectivity index (χ2v) is 4.36. The van der Waals surface area contributed by atoms with Crippen LogP contribution in [-0.2, 0) is 10.3 Å². The van der Waals surface area contributed by atoms with E-state index in [1.165, 1.54) is 0 Å². The maximum atomic E-state index is 11.2. The number of carboxylic acids is 1. The SMILES string of the molecule is CCCCOc1ccc(C(N)(CC)C(=O)O)cc1. The first-order chi connectivity index (χ1) is 8.54. The van der Waals surface area contributed by atoms with Crippen molar-refractivity contribution in [2.45, 2.75) is 38.6 Å². The summed E-state index contributed by atoms with van der Waals surface area (Å²) in [6.07, 6.45) is 2.43. The normalized spacial score (nSPS) is 13.9. The smallest absolute Gasteiger partial charge is 0.328 e. The van der Waals surface area contributed by atoms with Crippen LogP contribution in [0, 0.1) is 0 Å². The fraction of sp³-hybridized carbons (Fsp3) is 0.500. The van der Waals surface area contributed by atoms with Gasteiger partial charge in [-0.1, -0.05) is 32.4 Å². The summed E-state index contributed by atoms with van der Waals surface area (Å²) >= 11 is 0. The molecule has 0 aliphatic rings. The highest BCUT2D eigenvalue weighted by Crippen LogP contribution is 2.24. The molecule has 1 unspecified atom stereocenters. The average Bonchev–Trinajstić information content (AvgIpc) is 2.38. The topological polar surface area (TPSA) is 72.5 Å². The molecule has 0 spiro atoms. The van der Waals surface area contributed by atoms with Crippen LogP contribution < -0.4 is 10.5 Å². The zero-order valence-corrected chi connectivity index (χ0v) is 11.0. The van der Waals surface area contributed by atoms with Crippen molar-refractivity contribution in [3.05, 3.63) is 29.8 Å². The third-order valence-corrected chi connectivity index (χ3v) is 3.08. The van der Waals surface area contributed by atoms with Gasteiger partial charge in [0.1, 0.15) is 11.3 Å². The Balaban J connectivity index is 2.78. The minimum atomic E-state index is -1.32. The van der Waals surface area contributed by atoms with E-state index < -0.39 is 11.5 Å². The molecular weight excluding hydrogens is 230 g/mol. The molecule has 1 aromatic rings. The monoisotopic (exact) mass is 251 g/mol. The molecule has 4 heteroatoms. The second kappa shape index (κ2) is 6.40. The third kappa shape index (κ3) is 3.23. The van der Waals surface area contributed by atoms with E-state index in [9.17, 15) is 9.90 Å². The lowest BCUT2D eigenvalue weighted by Gasteiger charge is -2.23. The molecular formula is C14H21NO3. The molecule has 0 radical (unpaired) electrons. The van der Waals surface area contributed by atoms with Crippen molar-refractivity contribution in [2.24, 2.45) is 5.73 Å². The number of carbonyl (C=O) groups is 1. The molecule has 0 aromatic heterocycles. The summed E-state index contributed by atoms with van der Waals surface area (Å²) in [7, 11) is 0. The maximum Gasteiger partial charge on any atom is 0.328 e. The van der Waals surface area contributed by atoms with Gasteiger partial charge in [0, 0.05) is 0 Å². The molecule has 0 aliphatic carbocycles. The van der Waals surface area contributed by atoms with Crippen molar-refractivity contribution in [3.8, 4) is 5.75 Å². The highest BCUT2D eigenvalue weighted by atomic mass is 16.5. The predicted molar refractivity (Wildman–Crippen MR) is 70.6 cm³/mol. The van der Waals surface area contributed by atoms with Gasteiger partial charge >= 0.3 is 5.97 Å². The minimum absolute atomic E-state index is 0.346. The lowest BCUT2D eigenvalue weighted by atomic mass is 9.88. The molecule has 4 nitrogen and oxygen atoms in total. The van der Waals surface area contributed by atoms with Gasteiger partial charge in [-0.15, -0.1) is 0 Å². The van der Waals surface area contributed by atoms with Crippen molar-refractivity contribution >= 4 is 5.97 Å². The highest BCUT2D eigenvalue weighted by Gasteiger charge is 2.33. The highest BCUT2D eigenvalue weighted by molar-refractivity contribution is 5.80. The van der Waals surface area contributed by atoms with Crippen molar-refractivity contribution in [1.29, 1.82) is 0 Å². The maximum absolute atomic E-state index is 11.2. The first-order valence-corrected chi connectivity index (χ1v) is 6.30. The number of carboxylic acid groups (broad SMARTS) is 1. The zero-order valence-electron chi connectivity index (χ0n) is 11.0. The Labute approximate surface area is 108 Å². The second-order valence-electron chi connectivity index (χ2n) is 4.36. The molecule has 0 heterocycles. The van der Waals surface area contributed by atoms with Gasteiger partial charge in [-0.25, -0.2) is 4.79 Å². The molecule has 1 rings (SSSR count). The van der Waals surface area contributed by atoms with Crippen molar-refractivity contribution in [3.63, 3.8) is 0 Å². The summed E-state index contributed by atoms with van der Waals surface area (Å²) in [5.41, 5.74) is 5.17. The zero-order chi connectivity index (χ0) is 13.6. The predicted octanol–water partition coefficient (Wildman–Crippen LogP) is 2.51. The molecule has 0 amide bonds. The number of ether oxygens (including phenoxy) is 1. The van der Waals surface area contributed by atoms with Gasteiger partial charge in [-0.3, -0.25) is 0 Å². The Kier molecular flexibility index (Phi) is 5.16. The van der Waals surface area contributed by atoms with Crippen LogP contribution in [0.25, 0.3) is 0 Å². The van der Waals surface area contributed by atoms with Gasteiger partial charge in [0.25, 0.3) is 0 Å². The summed E-state index contributed by atoms with van der Waals surface area (Å²) in [5.74, 6) is -0.263. The molecule has 1 atom stereocenters. The summed E-state index contributed by atoms with van der Waals surface area (Å²) in [5, 5.41) is 9.17. The molecule has 0 aliphatic heterocycles. The molecule has 0 fully saturated rings. The lowest BCUT2D eigenvalue weighted by molar-refractivity contribution is -0.143. The number of nitrogens with two attached hydrogens (primary N) is 1. The Morgan fingerprint density at radius 2 is 1.94 bits per heavy atom. The van der Waals surface area contributed by atoms with Gasteiger partial charge in [0.05, 0.1) is 6.61 Å². The number of rotatable bonds is 7. The van der Waals surface area contributed by atoms with E-state index in [0.29, 0.717) is 18.6 Å². The standard InChI is InChI=1S/C14H21NO3/c1-3-5-10-18-12-8-6-11(7-9-12)14(15,4-2)13(16)17/h6-9H,3-5,10,15H2,1-2H3,(H,16,17). The first kappa shape index (κ1) is 14.5. The van der Waals surface area contributed by atoms with Crippen LogP contribution in [0.4, 0.5) is 0 Å². The Hall–Kier alpha value is -1.55. The van der Waals surface area contributed by atoms with E-state index >= 15 is 0 Å². The quantitative estimate of drug-likeness (QED) is 0.730. The average molecular weight is 251 g/mol. The summed E-state index contributed by atoms with van der Waals surface area (Å²) in [6, 6.07) is 6.98. The molecule has 100 valence electrons. The molecule has 0 bridgehead atoms. The number of benzene rings is 1. The Morgan fingerprint density at radius 3 is 2.39 bits per heavy atom. The van der Waals surface area contributed by atoms with Gasteiger partial charge in [0.15, 0.2) is 0 Å². The number of unbranched alkanes of at least 4 members (excludes halogenated alkanes) is 1. The largest absolute Gasteiger partial charge is 0.494 e. The Morgan fingerprint density at radius 1 is 1.33 bits per heavy atom. The minimum Gasteiger partial charge on any atom is -0.494 e. The molecule has 0 saturated carbocycles. The van der Waals surface area contributed by atoms with E-state index in [4.69, 9.17) is 10.5 Å². The number of aliphatic carboxylic acids is 1. The van der Waals surface area contributed by atoms with Gasteiger partial charge in [-0.2, -0.15) is 0 Å². The van der Waals surface area contributed by atoms with E-state index in [2.05, 4.69) is 6.92 Å². The van der Waals surface area contributed by atoms with Crippen LogP contribution in [0.5, 0.6) is 5.75 Å². The van der Waals surface area contributed by atoms with E-state index in [1.807, 2.05) is 0 Å². The van der Waals surface area contributed by atoms with Crippen LogP contribution in [-0.4, -0.2) is 17.7 Å². The number of hydrogen-bond acceptors (Lipinski definition) is 3. The number of hydrogen-bond donors (Lipinski definition) is 2. The van der Waals surface area contributed by atoms with Crippen LogP contribution >= 0.6 is 0 Å². The van der Waals surface area contributed by atoms with Crippen LogP contribution in [0.1, 0.15) is 38.7 Å². The third-order valence-electron chi connectivity index (χ3n) is 3.08. The van der Waals surface area contributed by atoms with Crippen molar-refractivity contribution in [1.82, 2.24) is 0 Å². The van der Waals surface area contributed by atoms with E-state index in [1.54, 1.807) is 31.2 Å². The van der Waals surface area contributed by atoms with Gasteiger partial charge in [0.2, 0.25) is 0 Å². The molecule has 3 N–H and O–H groups in total. The van der Waals surface area contributed by atoms with Crippen molar-refractivity contribution in [2.75, 3.05) is 6.61 Å². The van der Waals surface area contributed by atoms with Crippen LogP contribution in [0.2, 0.25) is 0 Å². The summed E-state index contributed by atoms with van der Waals surface area (Å²) in [6.45, 7) is 4.54. The fourth-order valence-electron chi connectivity index (χ4n) is 1.66. The molecule has 18 heavy (non-hydrogen) atoms.